The minimum absolute atomic E-state index is 0.0452. The van der Waals surface area contributed by atoms with Gasteiger partial charge in [0.15, 0.2) is 0 Å². The van der Waals surface area contributed by atoms with Crippen LogP contribution >= 0.6 is 0 Å². The topological polar surface area (TPSA) is 117 Å². The van der Waals surface area contributed by atoms with Gasteiger partial charge in [0.2, 0.25) is 0 Å². The average Bonchev–Trinajstić information content (AvgIpc) is 2.83. The van der Waals surface area contributed by atoms with E-state index in [-0.39, 0.29) is 29.3 Å². The van der Waals surface area contributed by atoms with Crippen molar-refractivity contribution in [2.45, 2.75) is 32.2 Å². The molecule has 0 bridgehead atoms. The van der Waals surface area contributed by atoms with Gasteiger partial charge >= 0.3 is 0 Å². The molecule has 0 saturated heterocycles. The van der Waals surface area contributed by atoms with Crippen LogP contribution in [0.5, 0.6) is 5.75 Å². The van der Waals surface area contributed by atoms with E-state index in [1.54, 1.807) is 4.57 Å². The van der Waals surface area contributed by atoms with Gasteiger partial charge in [-0.25, -0.2) is 9.37 Å². The molecule has 1 aromatic carbocycles. The summed E-state index contributed by atoms with van der Waals surface area (Å²) in [4.78, 5) is 4.27. The molecule has 1 aromatic heterocycles. The van der Waals surface area contributed by atoms with Crippen molar-refractivity contribution in [1.82, 2.24) is 9.55 Å². The molecule has 0 spiro atoms. The SMILES string of the molecule is CC(C)(O)C#Cc1cc2c(cc1F)OCCn1c-2nc(C(N)O)c1C#N. The van der Waals surface area contributed by atoms with E-state index in [0.29, 0.717) is 17.9 Å². The Balaban J connectivity index is 2.23. The Bertz CT molecular complexity index is 972. The van der Waals surface area contributed by atoms with Crippen LogP contribution in [-0.2, 0) is 6.54 Å². The number of aliphatic hydroxyl groups excluding tert-OH is 1. The summed E-state index contributed by atoms with van der Waals surface area (Å²) in [6, 6.07) is 4.62. The van der Waals surface area contributed by atoms with Crippen molar-refractivity contribution in [2.75, 3.05) is 6.61 Å². The Morgan fingerprint density at radius 3 is 2.81 bits per heavy atom. The summed E-state index contributed by atoms with van der Waals surface area (Å²) in [6.07, 6.45) is -1.41. The highest BCUT2D eigenvalue weighted by molar-refractivity contribution is 5.69. The molecule has 1 atom stereocenters. The smallest absolute Gasteiger partial charge is 0.148 e. The maximum absolute atomic E-state index is 14.3. The predicted molar refractivity (Wildman–Crippen MR) is 90.2 cm³/mol. The first-order valence-electron chi connectivity index (χ1n) is 7.87. The highest BCUT2D eigenvalue weighted by Crippen LogP contribution is 2.35. The van der Waals surface area contributed by atoms with Gasteiger partial charge in [-0.2, -0.15) is 5.26 Å². The van der Waals surface area contributed by atoms with Gasteiger partial charge < -0.3 is 25.3 Å². The number of hydrogen-bond donors (Lipinski definition) is 3. The van der Waals surface area contributed by atoms with E-state index < -0.39 is 17.6 Å². The average molecular weight is 356 g/mol. The number of nitriles is 1. The standard InChI is InChI=1S/C18H17FN4O3/c1-18(2,25)4-3-10-7-11-14(8-12(10)19)26-6-5-23-13(9-20)15(16(21)24)22-17(11)23/h7-8,16,24-25H,5-6,21H2,1-2H3. The molecule has 3 rings (SSSR count). The molecule has 2 aromatic rings. The van der Waals surface area contributed by atoms with Gasteiger partial charge in [0.25, 0.3) is 0 Å². The first kappa shape index (κ1) is 17.9. The van der Waals surface area contributed by atoms with Crippen molar-refractivity contribution < 1.29 is 19.3 Å². The number of nitrogens with zero attached hydrogens (tertiary/aromatic N) is 3. The van der Waals surface area contributed by atoms with Crippen molar-refractivity contribution in [3.05, 3.63) is 34.9 Å². The second kappa shape index (κ2) is 6.43. The highest BCUT2D eigenvalue weighted by atomic mass is 19.1. The van der Waals surface area contributed by atoms with E-state index in [1.165, 1.54) is 26.0 Å². The quantitative estimate of drug-likeness (QED) is 0.519. The lowest BCUT2D eigenvalue weighted by atomic mass is 10.1. The van der Waals surface area contributed by atoms with E-state index >= 15 is 0 Å². The lowest BCUT2D eigenvalue weighted by Crippen LogP contribution is -2.14. The molecule has 1 unspecified atom stereocenters. The maximum Gasteiger partial charge on any atom is 0.148 e. The fourth-order valence-electron chi connectivity index (χ4n) is 2.63. The van der Waals surface area contributed by atoms with Gasteiger partial charge in [-0.15, -0.1) is 0 Å². The number of aromatic nitrogens is 2. The zero-order valence-corrected chi connectivity index (χ0v) is 14.2. The van der Waals surface area contributed by atoms with Crippen molar-refractivity contribution in [1.29, 1.82) is 5.26 Å². The van der Waals surface area contributed by atoms with Gasteiger partial charge in [0.1, 0.15) is 53.3 Å². The fraction of sp³-hybridized carbons (Fsp3) is 0.333. The lowest BCUT2D eigenvalue weighted by molar-refractivity contribution is 0.143. The van der Waals surface area contributed by atoms with Crippen LogP contribution in [0.2, 0.25) is 0 Å². The van der Waals surface area contributed by atoms with Crippen molar-refractivity contribution >= 4 is 0 Å². The number of aliphatic hydroxyl groups is 2. The first-order chi connectivity index (χ1) is 12.2. The number of ether oxygens (including phenoxy) is 1. The monoisotopic (exact) mass is 356 g/mol. The summed E-state index contributed by atoms with van der Waals surface area (Å²) in [5, 5.41) is 28.8. The third-order valence-electron chi connectivity index (χ3n) is 3.77. The van der Waals surface area contributed by atoms with Gasteiger partial charge in [-0.3, -0.25) is 0 Å². The van der Waals surface area contributed by atoms with Crippen LogP contribution in [0.25, 0.3) is 11.4 Å². The summed E-state index contributed by atoms with van der Waals surface area (Å²) < 4.78 is 21.5. The second-order valence-electron chi connectivity index (χ2n) is 6.36. The van der Waals surface area contributed by atoms with Gasteiger partial charge in [-0.05, 0) is 19.9 Å². The minimum Gasteiger partial charge on any atom is -0.491 e. The van der Waals surface area contributed by atoms with Crippen molar-refractivity contribution in [3.8, 4) is 35.0 Å². The summed E-state index contributed by atoms with van der Waals surface area (Å²) in [5.74, 6) is 5.15. The molecule has 1 aliphatic heterocycles. The Hall–Kier alpha value is -2.91. The molecule has 134 valence electrons. The normalized spacial score (nSPS) is 14.0. The van der Waals surface area contributed by atoms with Gasteiger partial charge in [0, 0.05) is 6.07 Å². The number of benzene rings is 1. The second-order valence-corrected chi connectivity index (χ2v) is 6.36. The summed E-state index contributed by atoms with van der Waals surface area (Å²) >= 11 is 0. The maximum atomic E-state index is 14.3. The minimum atomic E-state index is -1.41. The molecular formula is C18H17FN4O3. The lowest BCUT2D eigenvalue weighted by Gasteiger charge is -2.09. The summed E-state index contributed by atoms with van der Waals surface area (Å²) in [7, 11) is 0. The van der Waals surface area contributed by atoms with E-state index in [9.17, 15) is 19.9 Å². The Morgan fingerprint density at radius 1 is 1.46 bits per heavy atom. The van der Waals surface area contributed by atoms with Crippen molar-refractivity contribution in [3.63, 3.8) is 0 Å². The molecule has 0 fully saturated rings. The summed E-state index contributed by atoms with van der Waals surface area (Å²) in [5.41, 5.74) is 4.87. The Labute approximate surface area is 149 Å². The van der Waals surface area contributed by atoms with Crippen LogP contribution in [0.3, 0.4) is 0 Å². The van der Waals surface area contributed by atoms with Gasteiger partial charge in [-0.1, -0.05) is 11.8 Å². The zero-order chi connectivity index (χ0) is 19.1. The molecule has 0 amide bonds. The van der Waals surface area contributed by atoms with E-state index in [1.807, 2.05) is 6.07 Å². The van der Waals surface area contributed by atoms with Crippen molar-refractivity contribution in [2.24, 2.45) is 5.73 Å². The van der Waals surface area contributed by atoms with Crippen LogP contribution in [0.4, 0.5) is 4.39 Å². The number of halogens is 1. The number of hydrogen-bond acceptors (Lipinski definition) is 6. The molecular weight excluding hydrogens is 339 g/mol. The molecule has 26 heavy (non-hydrogen) atoms. The third kappa shape index (κ3) is 3.26. The Morgan fingerprint density at radius 2 is 2.19 bits per heavy atom. The number of rotatable bonds is 1. The first-order valence-corrected chi connectivity index (χ1v) is 7.87. The number of fused-ring (bicyclic) bond motifs is 3. The number of imidazole rings is 1. The molecule has 0 radical (unpaired) electrons. The molecule has 8 heteroatoms. The van der Waals surface area contributed by atoms with Crippen LogP contribution in [0, 0.1) is 29.0 Å². The van der Waals surface area contributed by atoms with Gasteiger partial charge in [0.05, 0.1) is 17.7 Å². The van der Waals surface area contributed by atoms with Crippen LogP contribution in [0.15, 0.2) is 12.1 Å². The van der Waals surface area contributed by atoms with Crippen LogP contribution in [-0.4, -0.2) is 32.0 Å². The van der Waals surface area contributed by atoms with E-state index in [2.05, 4.69) is 16.8 Å². The summed E-state index contributed by atoms with van der Waals surface area (Å²) in [6.45, 7) is 3.47. The zero-order valence-electron chi connectivity index (χ0n) is 14.2. The van der Waals surface area contributed by atoms with Crippen LogP contribution < -0.4 is 10.5 Å². The Kier molecular flexibility index (Phi) is 4.43. The number of nitrogens with two attached hydrogens (primary N) is 1. The highest BCUT2D eigenvalue weighted by Gasteiger charge is 2.26. The molecule has 1 aliphatic rings. The third-order valence-corrected chi connectivity index (χ3v) is 3.77. The van der Waals surface area contributed by atoms with Crippen LogP contribution in [0.1, 0.15) is 37.0 Å². The molecule has 0 aliphatic carbocycles. The van der Waals surface area contributed by atoms with E-state index in [4.69, 9.17) is 10.5 Å². The molecule has 7 nitrogen and oxygen atoms in total. The molecule has 2 heterocycles. The predicted octanol–water partition coefficient (Wildman–Crippen LogP) is 1.03. The molecule has 4 N–H and O–H groups in total. The van der Waals surface area contributed by atoms with E-state index in [0.717, 1.165) is 0 Å². The fourth-order valence-corrected chi connectivity index (χ4v) is 2.63. The molecule has 0 saturated carbocycles. The largest absolute Gasteiger partial charge is 0.491 e.